The van der Waals surface area contributed by atoms with Crippen LogP contribution in [0.1, 0.15) is 66.9 Å². The van der Waals surface area contributed by atoms with Crippen molar-refractivity contribution in [2.75, 3.05) is 19.6 Å². The Hall–Kier alpha value is -4.07. The fourth-order valence-electron chi connectivity index (χ4n) is 4.37. The zero-order chi connectivity index (χ0) is 24.8. The number of aryl methyl sites for hydroxylation is 1. The molecule has 3 aromatic rings. The number of rotatable bonds is 7. The van der Waals surface area contributed by atoms with Crippen LogP contribution < -0.4 is 5.32 Å². The third kappa shape index (κ3) is 5.90. The highest BCUT2D eigenvalue weighted by atomic mass is 16.4. The number of nitrogens with zero attached hydrogens (tertiary/aromatic N) is 3. The van der Waals surface area contributed by atoms with Crippen LogP contribution in [0.15, 0.2) is 60.8 Å². The van der Waals surface area contributed by atoms with Gasteiger partial charge in [0.25, 0.3) is 11.8 Å². The molecule has 2 heterocycles. The van der Waals surface area contributed by atoms with Crippen LogP contribution in [-0.4, -0.2) is 57.4 Å². The first-order valence-corrected chi connectivity index (χ1v) is 11.7. The molecule has 0 aliphatic carbocycles. The minimum absolute atomic E-state index is 0.0212. The summed E-state index contributed by atoms with van der Waals surface area (Å²) in [5.74, 6) is -0.548. The maximum absolute atomic E-state index is 13.0. The van der Waals surface area contributed by atoms with Gasteiger partial charge < -0.3 is 15.3 Å². The number of likely N-dealkylation sites (tertiary alicyclic amines) is 1. The molecule has 1 aromatic heterocycles. The molecule has 0 bridgehead atoms. The second-order valence-electron chi connectivity index (χ2n) is 8.66. The van der Waals surface area contributed by atoms with Crippen molar-refractivity contribution in [2.45, 2.75) is 32.1 Å². The van der Waals surface area contributed by atoms with Gasteiger partial charge in [-0.3, -0.25) is 9.59 Å². The van der Waals surface area contributed by atoms with Crippen molar-refractivity contribution >= 4 is 17.8 Å². The van der Waals surface area contributed by atoms with Crippen LogP contribution in [0.2, 0.25) is 0 Å². The number of carboxylic acids is 1. The van der Waals surface area contributed by atoms with Crippen molar-refractivity contribution in [1.82, 2.24) is 20.2 Å². The van der Waals surface area contributed by atoms with Crippen molar-refractivity contribution in [2.24, 2.45) is 0 Å². The average molecular weight is 473 g/mol. The molecule has 1 aliphatic heterocycles. The van der Waals surface area contributed by atoms with Crippen molar-refractivity contribution in [3.8, 4) is 0 Å². The molecule has 0 saturated carbocycles. The fraction of sp³-hybridized carbons (Fsp3) is 0.296. The van der Waals surface area contributed by atoms with Crippen LogP contribution in [0.5, 0.6) is 0 Å². The van der Waals surface area contributed by atoms with Crippen LogP contribution in [0.3, 0.4) is 0 Å². The third-order valence-electron chi connectivity index (χ3n) is 6.25. The zero-order valence-electron chi connectivity index (χ0n) is 19.6. The summed E-state index contributed by atoms with van der Waals surface area (Å²) >= 11 is 0. The number of hydrogen-bond acceptors (Lipinski definition) is 5. The van der Waals surface area contributed by atoms with E-state index in [0.717, 1.165) is 24.1 Å². The number of carbonyl (C=O) groups is 3. The summed E-state index contributed by atoms with van der Waals surface area (Å²) in [5.41, 5.74) is 2.90. The standard InChI is InChI=1S/C27H28N4O4/c1-18-29-17-23(25(32)28-13-10-19-6-5-9-22(16-19)27(34)35)24(30-18)20-11-14-31(15-12-20)26(33)21-7-3-2-4-8-21/h2-9,16-17,20H,10-15H2,1H3,(H,28,32)(H,34,35). The number of nitrogens with one attached hydrogen (secondary N) is 1. The quantitative estimate of drug-likeness (QED) is 0.545. The van der Waals surface area contributed by atoms with Crippen LogP contribution in [-0.2, 0) is 6.42 Å². The summed E-state index contributed by atoms with van der Waals surface area (Å²) in [7, 11) is 0. The van der Waals surface area contributed by atoms with Gasteiger partial charge in [0, 0.05) is 37.3 Å². The molecule has 4 rings (SSSR count). The third-order valence-corrected chi connectivity index (χ3v) is 6.25. The first-order valence-electron chi connectivity index (χ1n) is 11.7. The van der Waals surface area contributed by atoms with Crippen LogP contribution in [0, 0.1) is 6.92 Å². The lowest BCUT2D eigenvalue weighted by Gasteiger charge is -2.32. The zero-order valence-corrected chi connectivity index (χ0v) is 19.6. The van der Waals surface area contributed by atoms with Crippen molar-refractivity contribution < 1.29 is 19.5 Å². The lowest BCUT2D eigenvalue weighted by molar-refractivity contribution is 0.0692. The van der Waals surface area contributed by atoms with E-state index in [1.165, 1.54) is 0 Å². The molecule has 180 valence electrons. The molecule has 1 aliphatic rings. The highest BCUT2D eigenvalue weighted by Crippen LogP contribution is 2.29. The number of aromatic nitrogens is 2. The van der Waals surface area contributed by atoms with E-state index in [0.29, 0.717) is 43.0 Å². The van der Waals surface area contributed by atoms with E-state index in [1.807, 2.05) is 41.3 Å². The minimum atomic E-state index is -0.978. The molecule has 2 aromatic carbocycles. The van der Waals surface area contributed by atoms with Gasteiger partial charge in [-0.2, -0.15) is 0 Å². The highest BCUT2D eigenvalue weighted by molar-refractivity contribution is 5.95. The summed E-state index contributed by atoms with van der Waals surface area (Å²) < 4.78 is 0. The van der Waals surface area contributed by atoms with Crippen LogP contribution in [0.25, 0.3) is 0 Å². The van der Waals surface area contributed by atoms with Gasteiger partial charge in [-0.25, -0.2) is 14.8 Å². The maximum atomic E-state index is 13.0. The maximum Gasteiger partial charge on any atom is 0.335 e. The Labute approximate surface area is 204 Å². The largest absolute Gasteiger partial charge is 0.478 e. The lowest BCUT2D eigenvalue weighted by atomic mass is 9.90. The van der Waals surface area contributed by atoms with Crippen molar-refractivity contribution in [3.05, 3.63) is 94.6 Å². The van der Waals surface area contributed by atoms with Gasteiger partial charge in [0.05, 0.1) is 16.8 Å². The molecule has 2 N–H and O–H groups in total. The summed E-state index contributed by atoms with van der Waals surface area (Å²) in [6.07, 6.45) is 3.52. The van der Waals surface area contributed by atoms with E-state index in [1.54, 1.807) is 31.3 Å². The molecule has 0 unspecified atom stereocenters. The first-order chi connectivity index (χ1) is 16.9. The summed E-state index contributed by atoms with van der Waals surface area (Å²) in [6.45, 7) is 3.36. The number of carbonyl (C=O) groups excluding carboxylic acids is 2. The van der Waals surface area contributed by atoms with E-state index in [2.05, 4.69) is 15.3 Å². The average Bonchev–Trinajstić information content (AvgIpc) is 2.89. The van der Waals surface area contributed by atoms with Crippen molar-refractivity contribution in [3.63, 3.8) is 0 Å². The van der Waals surface area contributed by atoms with Gasteiger partial charge >= 0.3 is 5.97 Å². The topological polar surface area (TPSA) is 112 Å². The number of amides is 2. The second kappa shape index (κ2) is 10.9. The van der Waals surface area contributed by atoms with E-state index in [9.17, 15) is 14.4 Å². The summed E-state index contributed by atoms with van der Waals surface area (Å²) in [4.78, 5) is 47.6. The first kappa shape index (κ1) is 24.1. The number of aromatic carboxylic acids is 1. The molecular weight excluding hydrogens is 444 g/mol. The Morgan fingerprint density at radius 3 is 2.46 bits per heavy atom. The molecule has 0 spiro atoms. The smallest absolute Gasteiger partial charge is 0.335 e. The van der Waals surface area contributed by atoms with Gasteiger partial charge in [0.15, 0.2) is 0 Å². The predicted octanol–water partition coefficient (Wildman–Crippen LogP) is 3.48. The van der Waals surface area contributed by atoms with E-state index >= 15 is 0 Å². The van der Waals surface area contributed by atoms with Gasteiger partial charge in [0.2, 0.25) is 0 Å². The number of hydrogen-bond donors (Lipinski definition) is 2. The monoisotopic (exact) mass is 472 g/mol. The molecule has 1 saturated heterocycles. The Balaban J connectivity index is 1.39. The van der Waals surface area contributed by atoms with E-state index in [4.69, 9.17) is 5.11 Å². The van der Waals surface area contributed by atoms with Gasteiger partial charge in [-0.05, 0) is 56.0 Å². The van der Waals surface area contributed by atoms with Crippen LogP contribution in [0.4, 0.5) is 0 Å². The highest BCUT2D eigenvalue weighted by Gasteiger charge is 2.28. The summed E-state index contributed by atoms with van der Waals surface area (Å²) in [6, 6.07) is 15.9. The van der Waals surface area contributed by atoms with Crippen LogP contribution >= 0.6 is 0 Å². The molecule has 8 heteroatoms. The Kier molecular flexibility index (Phi) is 7.50. The second-order valence-corrected chi connectivity index (χ2v) is 8.66. The number of piperidine rings is 1. The number of carboxylic acid groups (broad SMARTS) is 1. The summed E-state index contributed by atoms with van der Waals surface area (Å²) in [5, 5.41) is 12.1. The van der Waals surface area contributed by atoms with Gasteiger partial charge in [0.1, 0.15) is 5.82 Å². The molecule has 0 radical (unpaired) electrons. The minimum Gasteiger partial charge on any atom is -0.478 e. The van der Waals surface area contributed by atoms with E-state index < -0.39 is 5.97 Å². The molecule has 2 amide bonds. The Bertz CT molecular complexity index is 1220. The normalized spacial score (nSPS) is 13.9. The lowest BCUT2D eigenvalue weighted by Crippen LogP contribution is -2.38. The Morgan fingerprint density at radius 1 is 1.03 bits per heavy atom. The molecule has 1 fully saturated rings. The van der Waals surface area contributed by atoms with Gasteiger partial charge in [-0.1, -0.05) is 30.3 Å². The molecule has 0 atom stereocenters. The fourth-order valence-corrected chi connectivity index (χ4v) is 4.37. The molecule has 8 nitrogen and oxygen atoms in total. The molecule has 35 heavy (non-hydrogen) atoms. The van der Waals surface area contributed by atoms with E-state index in [-0.39, 0.29) is 23.3 Å². The van der Waals surface area contributed by atoms with Gasteiger partial charge in [-0.15, -0.1) is 0 Å². The number of benzene rings is 2. The van der Waals surface area contributed by atoms with Crippen molar-refractivity contribution in [1.29, 1.82) is 0 Å². The Morgan fingerprint density at radius 2 is 1.74 bits per heavy atom. The SMILES string of the molecule is Cc1ncc(C(=O)NCCc2cccc(C(=O)O)c2)c(C2CCN(C(=O)c3ccccc3)CC2)n1. The molecular formula is C27H28N4O4. The predicted molar refractivity (Wildman–Crippen MR) is 131 cm³/mol.